The summed E-state index contributed by atoms with van der Waals surface area (Å²) in [6.45, 7) is 4.08. The van der Waals surface area contributed by atoms with E-state index < -0.39 is 0 Å². The van der Waals surface area contributed by atoms with Crippen LogP contribution >= 0.6 is 0 Å². The Kier molecular flexibility index (Phi) is 7.13. The summed E-state index contributed by atoms with van der Waals surface area (Å²) in [7, 11) is 0. The van der Waals surface area contributed by atoms with Crippen LogP contribution in [0.5, 0.6) is 0 Å². The van der Waals surface area contributed by atoms with Crippen molar-refractivity contribution >= 4 is 22.5 Å². The molecule has 142 valence electrons. The minimum atomic E-state index is 0.116. The molecule has 2 aromatic rings. The number of carbonyl (C=O) groups is 1. The lowest BCUT2D eigenvalue weighted by molar-refractivity contribution is -0.116. The molecule has 1 aliphatic heterocycles. The highest BCUT2D eigenvalue weighted by Gasteiger charge is 2.13. The van der Waals surface area contributed by atoms with E-state index in [1.807, 2.05) is 6.07 Å². The molecule has 0 radical (unpaired) electrons. The molecule has 1 unspecified atom stereocenters. The third kappa shape index (κ3) is 5.34. The first-order chi connectivity index (χ1) is 12.8. The first kappa shape index (κ1) is 19.0. The number of unbranched alkanes of at least 4 members (excludes halogenated alkanes) is 2. The number of rotatable bonds is 9. The molecule has 1 N–H and O–H groups in total. The van der Waals surface area contributed by atoms with Crippen LogP contribution in [0.4, 0.5) is 5.69 Å². The molecule has 1 fully saturated rings. The van der Waals surface area contributed by atoms with Crippen molar-refractivity contribution in [2.45, 2.75) is 77.4 Å². The molecule has 0 bridgehead atoms. The van der Waals surface area contributed by atoms with E-state index in [9.17, 15) is 4.79 Å². The van der Waals surface area contributed by atoms with E-state index in [4.69, 9.17) is 4.74 Å². The van der Waals surface area contributed by atoms with Gasteiger partial charge in [-0.1, -0.05) is 25.8 Å². The predicted molar refractivity (Wildman–Crippen MR) is 108 cm³/mol. The van der Waals surface area contributed by atoms with Gasteiger partial charge >= 0.3 is 0 Å². The largest absolute Gasteiger partial charge is 0.378 e. The zero-order valence-electron chi connectivity index (χ0n) is 16.0. The van der Waals surface area contributed by atoms with Crippen molar-refractivity contribution in [1.82, 2.24) is 4.57 Å². The topological polar surface area (TPSA) is 43.3 Å². The molecule has 26 heavy (non-hydrogen) atoms. The van der Waals surface area contributed by atoms with Gasteiger partial charge in [-0.2, -0.15) is 0 Å². The van der Waals surface area contributed by atoms with Crippen LogP contribution in [0.1, 0.15) is 64.7 Å². The van der Waals surface area contributed by atoms with Crippen molar-refractivity contribution in [3.63, 3.8) is 0 Å². The standard InChI is InChI=1S/C22H32N2O2/c1-2-3-4-10-22(25)23-19-12-11-18-13-15-24(21(18)17-19)14-7-9-20-8-5-6-16-26-20/h11-13,15,17,20H,2-10,14,16H2,1H3,(H,23,25). The van der Waals surface area contributed by atoms with Crippen molar-refractivity contribution in [2.75, 3.05) is 11.9 Å². The van der Waals surface area contributed by atoms with Gasteiger partial charge < -0.3 is 14.6 Å². The van der Waals surface area contributed by atoms with Crippen LogP contribution in [-0.2, 0) is 16.1 Å². The Bertz CT molecular complexity index is 701. The van der Waals surface area contributed by atoms with Crippen LogP contribution in [0.2, 0.25) is 0 Å². The predicted octanol–water partition coefficient (Wildman–Crippen LogP) is 5.51. The highest BCUT2D eigenvalue weighted by molar-refractivity contribution is 5.93. The number of amides is 1. The number of nitrogens with one attached hydrogen (secondary N) is 1. The van der Waals surface area contributed by atoms with Gasteiger partial charge in [0.2, 0.25) is 5.91 Å². The first-order valence-electron chi connectivity index (χ1n) is 10.3. The number of anilines is 1. The molecule has 0 spiro atoms. The maximum absolute atomic E-state index is 12.1. The van der Waals surface area contributed by atoms with Crippen molar-refractivity contribution in [3.8, 4) is 0 Å². The Morgan fingerprint density at radius 3 is 2.96 bits per heavy atom. The van der Waals surface area contributed by atoms with E-state index in [1.165, 1.54) is 30.2 Å². The van der Waals surface area contributed by atoms with E-state index in [-0.39, 0.29) is 5.91 Å². The number of fused-ring (bicyclic) bond motifs is 1. The molecule has 4 nitrogen and oxygen atoms in total. The lowest BCUT2D eigenvalue weighted by atomic mass is 10.0. The first-order valence-corrected chi connectivity index (χ1v) is 10.3. The van der Waals surface area contributed by atoms with Gasteiger partial charge in [-0.25, -0.2) is 0 Å². The highest BCUT2D eigenvalue weighted by Crippen LogP contribution is 2.23. The molecular formula is C22H32N2O2. The van der Waals surface area contributed by atoms with Gasteiger partial charge in [0.25, 0.3) is 0 Å². The Balaban J connectivity index is 1.56. The molecule has 4 heteroatoms. The van der Waals surface area contributed by atoms with Crippen molar-refractivity contribution in [3.05, 3.63) is 30.5 Å². The molecule has 1 atom stereocenters. The van der Waals surface area contributed by atoms with Gasteiger partial charge in [-0.3, -0.25) is 4.79 Å². The fourth-order valence-corrected chi connectivity index (χ4v) is 3.74. The van der Waals surface area contributed by atoms with Crippen LogP contribution in [0.15, 0.2) is 30.5 Å². The van der Waals surface area contributed by atoms with Gasteiger partial charge in [0, 0.05) is 31.5 Å². The molecule has 1 aromatic heterocycles. The summed E-state index contributed by atoms with van der Waals surface area (Å²) in [4.78, 5) is 12.1. The van der Waals surface area contributed by atoms with Gasteiger partial charge in [0.05, 0.1) is 11.6 Å². The Labute approximate surface area is 156 Å². The number of aromatic nitrogens is 1. The van der Waals surface area contributed by atoms with Crippen LogP contribution in [0.25, 0.3) is 10.9 Å². The molecular weight excluding hydrogens is 324 g/mol. The number of nitrogens with zero attached hydrogens (tertiary/aromatic N) is 1. The lowest BCUT2D eigenvalue weighted by Gasteiger charge is -2.22. The number of ether oxygens (including phenoxy) is 1. The maximum Gasteiger partial charge on any atom is 0.224 e. The third-order valence-corrected chi connectivity index (χ3v) is 5.26. The smallest absolute Gasteiger partial charge is 0.224 e. The van der Waals surface area contributed by atoms with Crippen molar-refractivity contribution in [1.29, 1.82) is 0 Å². The number of carbonyl (C=O) groups excluding carboxylic acids is 1. The molecule has 3 rings (SSSR count). The number of hydrogen-bond donors (Lipinski definition) is 1. The Morgan fingerprint density at radius 1 is 1.23 bits per heavy atom. The summed E-state index contributed by atoms with van der Waals surface area (Å²) in [6.07, 6.45) is 12.4. The number of benzene rings is 1. The third-order valence-electron chi connectivity index (χ3n) is 5.26. The molecule has 1 amide bonds. The quantitative estimate of drug-likeness (QED) is 0.602. The minimum Gasteiger partial charge on any atom is -0.378 e. The van der Waals surface area contributed by atoms with Gasteiger partial charge in [-0.15, -0.1) is 0 Å². The minimum absolute atomic E-state index is 0.116. The monoisotopic (exact) mass is 356 g/mol. The van der Waals surface area contributed by atoms with Gasteiger partial charge in [0.15, 0.2) is 0 Å². The van der Waals surface area contributed by atoms with Crippen LogP contribution in [0.3, 0.4) is 0 Å². The molecule has 0 saturated carbocycles. The van der Waals surface area contributed by atoms with Crippen LogP contribution in [-0.4, -0.2) is 23.2 Å². The summed E-state index contributed by atoms with van der Waals surface area (Å²) >= 11 is 0. The normalized spacial score (nSPS) is 17.5. The molecule has 1 aliphatic rings. The van der Waals surface area contributed by atoms with Crippen LogP contribution < -0.4 is 5.32 Å². The van der Waals surface area contributed by atoms with E-state index in [0.29, 0.717) is 12.5 Å². The maximum atomic E-state index is 12.1. The second-order valence-electron chi connectivity index (χ2n) is 7.42. The lowest BCUT2D eigenvalue weighted by Crippen LogP contribution is -2.19. The average Bonchev–Trinajstić information content (AvgIpc) is 3.05. The molecule has 0 aliphatic carbocycles. The summed E-state index contributed by atoms with van der Waals surface area (Å²) in [6, 6.07) is 8.35. The van der Waals surface area contributed by atoms with E-state index in [2.05, 4.69) is 41.2 Å². The van der Waals surface area contributed by atoms with E-state index in [0.717, 1.165) is 50.9 Å². The SMILES string of the molecule is CCCCCC(=O)Nc1ccc2ccn(CCCC3CCCCO3)c2c1. The molecule has 2 heterocycles. The number of hydrogen-bond acceptors (Lipinski definition) is 2. The average molecular weight is 357 g/mol. The zero-order valence-corrected chi connectivity index (χ0v) is 16.0. The summed E-state index contributed by atoms with van der Waals surface area (Å²) in [5, 5.41) is 4.27. The van der Waals surface area contributed by atoms with E-state index in [1.54, 1.807) is 0 Å². The number of aryl methyl sites for hydroxylation is 1. The second kappa shape index (κ2) is 9.77. The van der Waals surface area contributed by atoms with Crippen molar-refractivity contribution < 1.29 is 9.53 Å². The molecule has 1 saturated heterocycles. The highest BCUT2D eigenvalue weighted by atomic mass is 16.5. The fourth-order valence-electron chi connectivity index (χ4n) is 3.74. The Hall–Kier alpha value is -1.81. The van der Waals surface area contributed by atoms with Gasteiger partial charge in [0.1, 0.15) is 0 Å². The fraction of sp³-hybridized carbons (Fsp3) is 0.591. The van der Waals surface area contributed by atoms with Gasteiger partial charge in [-0.05, 0) is 62.1 Å². The summed E-state index contributed by atoms with van der Waals surface area (Å²) in [5.41, 5.74) is 2.09. The van der Waals surface area contributed by atoms with Crippen LogP contribution in [0, 0.1) is 0 Å². The second-order valence-corrected chi connectivity index (χ2v) is 7.42. The summed E-state index contributed by atoms with van der Waals surface area (Å²) < 4.78 is 8.13. The zero-order chi connectivity index (χ0) is 18.2. The van der Waals surface area contributed by atoms with E-state index >= 15 is 0 Å². The molecule has 1 aromatic carbocycles. The Morgan fingerprint density at radius 2 is 2.15 bits per heavy atom. The summed E-state index contributed by atoms with van der Waals surface area (Å²) in [5.74, 6) is 0.116. The van der Waals surface area contributed by atoms with Crippen molar-refractivity contribution in [2.24, 2.45) is 0 Å².